The second-order valence-corrected chi connectivity index (χ2v) is 3.69. The molecule has 0 heterocycles. The quantitative estimate of drug-likeness (QED) is 0.687. The zero-order valence-electron chi connectivity index (χ0n) is 9.61. The summed E-state index contributed by atoms with van der Waals surface area (Å²) in [6.45, 7) is 1.54. The Morgan fingerprint density at radius 1 is 1.47 bits per heavy atom. The fourth-order valence-corrected chi connectivity index (χ4v) is 1.58. The lowest BCUT2D eigenvalue weighted by molar-refractivity contribution is -0.274. The van der Waals surface area contributed by atoms with E-state index in [9.17, 15) is 18.0 Å². The molecule has 0 unspecified atom stereocenters. The van der Waals surface area contributed by atoms with Gasteiger partial charge in [-0.05, 0) is 19.1 Å². The van der Waals surface area contributed by atoms with Crippen molar-refractivity contribution in [2.24, 2.45) is 0 Å². The molecule has 1 aromatic carbocycles. The third-order valence-electron chi connectivity index (χ3n) is 1.96. The first-order valence-electron chi connectivity index (χ1n) is 4.99. The molecular weight excluding hydrogens is 283 g/mol. The molecule has 0 bridgehead atoms. The molecule has 102 valence electrons. The van der Waals surface area contributed by atoms with E-state index in [0.717, 1.165) is 12.1 Å². The molecule has 0 saturated carbocycles. The molecule has 4 nitrogen and oxygen atoms in total. The molecule has 19 heavy (non-hydrogen) atoms. The van der Waals surface area contributed by atoms with Crippen LogP contribution in [0.5, 0.6) is 5.75 Å². The Balaban J connectivity index is 3.35. The van der Waals surface area contributed by atoms with Crippen molar-refractivity contribution in [1.29, 1.82) is 5.26 Å². The Morgan fingerprint density at radius 3 is 2.58 bits per heavy atom. The summed E-state index contributed by atoms with van der Waals surface area (Å²) in [5.74, 6) is -1.70. The summed E-state index contributed by atoms with van der Waals surface area (Å²) >= 11 is 3.92. The number of ether oxygens (including phenoxy) is 2. The first-order chi connectivity index (χ1) is 8.80. The maximum Gasteiger partial charge on any atom is 0.573 e. The minimum atomic E-state index is -4.96. The standard InChI is InChI=1S/C11H8F3NO3S/c1-2-17-10(16)9-6(5-15)7(3-4-8(9)19)18-11(12,13)14/h3-4,19H,2H2,1H3. The van der Waals surface area contributed by atoms with E-state index in [4.69, 9.17) is 5.26 Å². The number of alkyl halides is 3. The van der Waals surface area contributed by atoms with E-state index < -0.39 is 23.6 Å². The summed E-state index contributed by atoms with van der Waals surface area (Å²) in [5, 5.41) is 8.90. The molecule has 0 aliphatic heterocycles. The molecule has 8 heteroatoms. The van der Waals surface area contributed by atoms with Crippen molar-refractivity contribution < 1.29 is 27.4 Å². The highest BCUT2D eigenvalue weighted by molar-refractivity contribution is 7.80. The number of thiol groups is 1. The van der Waals surface area contributed by atoms with Crippen molar-refractivity contribution in [3.8, 4) is 11.8 Å². The van der Waals surface area contributed by atoms with Gasteiger partial charge in [-0.25, -0.2) is 4.79 Å². The fraction of sp³-hybridized carbons (Fsp3) is 0.273. The third-order valence-corrected chi connectivity index (χ3v) is 2.33. The molecule has 0 fully saturated rings. The number of rotatable bonds is 3. The van der Waals surface area contributed by atoms with Crippen molar-refractivity contribution in [3.05, 3.63) is 23.3 Å². The molecule has 0 N–H and O–H groups in total. The topological polar surface area (TPSA) is 59.3 Å². The fourth-order valence-electron chi connectivity index (χ4n) is 1.30. The van der Waals surface area contributed by atoms with E-state index >= 15 is 0 Å². The average molecular weight is 291 g/mol. The molecular formula is C11H8F3NO3S. The highest BCUT2D eigenvalue weighted by Crippen LogP contribution is 2.31. The van der Waals surface area contributed by atoms with E-state index in [0.29, 0.717) is 0 Å². The number of carbonyl (C=O) groups is 1. The van der Waals surface area contributed by atoms with Gasteiger partial charge in [0.05, 0.1) is 12.2 Å². The third kappa shape index (κ3) is 3.79. The largest absolute Gasteiger partial charge is 0.573 e. The number of nitrogens with zero attached hydrogens (tertiary/aromatic N) is 1. The van der Waals surface area contributed by atoms with E-state index in [1.54, 1.807) is 0 Å². The minimum absolute atomic E-state index is 0.0152. The van der Waals surface area contributed by atoms with Gasteiger partial charge in [0.1, 0.15) is 17.4 Å². The van der Waals surface area contributed by atoms with Gasteiger partial charge in [0.2, 0.25) is 0 Å². The lowest BCUT2D eigenvalue weighted by Gasteiger charge is -2.13. The van der Waals surface area contributed by atoms with Crippen LogP contribution in [0.2, 0.25) is 0 Å². The smallest absolute Gasteiger partial charge is 0.462 e. The van der Waals surface area contributed by atoms with Gasteiger partial charge < -0.3 is 9.47 Å². The van der Waals surface area contributed by atoms with E-state index in [1.165, 1.54) is 13.0 Å². The van der Waals surface area contributed by atoms with Gasteiger partial charge in [0, 0.05) is 4.90 Å². The number of esters is 1. The van der Waals surface area contributed by atoms with Crippen LogP contribution in [0.3, 0.4) is 0 Å². The van der Waals surface area contributed by atoms with Crippen LogP contribution >= 0.6 is 12.6 Å². The zero-order chi connectivity index (χ0) is 14.6. The molecule has 0 atom stereocenters. The van der Waals surface area contributed by atoms with Gasteiger partial charge in [-0.15, -0.1) is 25.8 Å². The van der Waals surface area contributed by atoms with Crippen LogP contribution in [-0.4, -0.2) is 18.9 Å². The Labute approximate surface area is 112 Å². The predicted molar refractivity (Wildman–Crippen MR) is 61.0 cm³/mol. The molecule has 1 aromatic rings. The maximum atomic E-state index is 12.2. The molecule has 1 rings (SSSR count). The first kappa shape index (κ1) is 15.2. The van der Waals surface area contributed by atoms with E-state index in [-0.39, 0.29) is 17.1 Å². The Hall–Kier alpha value is -1.88. The van der Waals surface area contributed by atoms with Crippen molar-refractivity contribution in [2.45, 2.75) is 18.2 Å². The van der Waals surface area contributed by atoms with Gasteiger partial charge >= 0.3 is 12.3 Å². The lowest BCUT2D eigenvalue weighted by Crippen LogP contribution is -2.19. The lowest BCUT2D eigenvalue weighted by atomic mass is 10.1. The molecule has 0 amide bonds. The highest BCUT2D eigenvalue weighted by Gasteiger charge is 2.33. The molecule has 0 aliphatic rings. The van der Waals surface area contributed by atoms with Crippen LogP contribution < -0.4 is 4.74 Å². The molecule has 0 aliphatic carbocycles. The summed E-state index contributed by atoms with van der Waals surface area (Å²) < 4.78 is 44.9. The van der Waals surface area contributed by atoms with Crippen molar-refractivity contribution >= 4 is 18.6 Å². The van der Waals surface area contributed by atoms with Crippen molar-refractivity contribution in [2.75, 3.05) is 6.61 Å². The highest BCUT2D eigenvalue weighted by atomic mass is 32.1. The monoisotopic (exact) mass is 291 g/mol. The summed E-state index contributed by atoms with van der Waals surface area (Å²) in [7, 11) is 0. The van der Waals surface area contributed by atoms with Crippen LogP contribution in [0.4, 0.5) is 13.2 Å². The number of hydrogen-bond donors (Lipinski definition) is 1. The van der Waals surface area contributed by atoms with Gasteiger partial charge in [-0.3, -0.25) is 0 Å². The summed E-state index contributed by atoms with van der Waals surface area (Å²) in [4.78, 5) is 11.6. The van der Waals surface area contributed by atoms with Crippen LogP contribution in [0.25, 0.3) is 0 Å². The number of hydrogen-bond acceptors (Lipinski definition) is 5. The van der Waals surface area contributed by atoms with Crippen LogP contribution in [0, 0.1) is 11.3 Å². The molecule has 0 aromatic heterocycles. The Morgan fingerprint density at radius 2 is 2.11 bits per heavy atom. The molecule has 0 radical (unpaired) electrons. The Kier molecular flexibility index (Phi) is 4.67. The SMILES string of the molecule is CCOC(=O)c1c(S)ccc(OC(F)(F)F)c1C#N. The summed E-state index contributed by atoms with van der Waals surface area (Å²) in [6, 6.07) is 3.53. The van der Waals surface area contributed by atoms with E-state index in [1.807, 2.05) is 0 Å². The minimum Gasteiger partial charge on any atom is -0.462 e. The van der Waals surface area contributed by atoms with E-state index in [2.05, 4.69) is 22.1 Å². The van der Waals surface area contributed by atoms with Crippen LogP contribution in [0.15, 0.2) is 17.0 Å². The number of benzene rings is 1. The maximum absolute atomic E-state index is 12.2. The molecule has 0 saturated heterocycles. The van der Waals surface area contributed by atoms with Gasteiger partial charge in [-0.2, -0.15) is 5.26 Å². The van der Waals surface area contributed by atoms with Crippen molar-refractivity contribution in [1.82, 2.24) is 0 Å². The van der Waals surface area contributed by atoms with Gasteiger partial charge in [-0.1, -0.05) is 0 Å². The van der Waals surface area contributed by atoms with Gasteiger partial charge in [0.15, 0.2) is 0 Å². The predicted octanol–water partition coefficient (Wildman–Crippen LogP) is 2.92. The number of nitriles is 1. The summed E-state index contributed by atoms with van der Waals surface area (Å²) in [6.07, 6.45) is -4.96. The normalized spacial score (nSPS) is 10.7. The first-order valence-corrected chi connectivity index (χ1v) is 5.43. The average Bonchev–Trinajstić information content (AvgIpc) is 2.29. The Bertz CT molecular complexity index is 537. The van der Waals surface area contributed by atoms with Crippen molar-refractivity contribution in [3.63, 3.8) is 0 Å². The van der Waals surface area contributed by atoms with Crippen LogP contribution in [0.1, 0.15) is 22.8 Å². The molecule has 0 spiro atoms. The van der Waals surface area contributed by atoms with Gasteiger partial charge in [0.25, 0.3) is 0 Å². The number of carbonyl (C=O) groups excluding carboxylic acids is 1. The summed E-state index contributed by atoms with van der Waals surface area (Å²) in [5.41, 5.74) is -0.919. The zero-order valence-corrected chi connectivity index (χ0v) is 10.5. The number of halogens is 3. The second kappa shape index (κ2) is 5.84. The van der Waals surface area contributed by atoms with Crippen LogP contribution in [-0.2, 0) is 4.74 Å². The second-order valence-electron chi connectivity index (χ2n) is 3.21.